The van der Waals surface area contributed by atoms with Crippen molar-refractivity contribution in [1.29, 1.82) is 5.26 Å². The molecule has 55 heavy (non-hydrogen) atoms. The van der Waals surface area contributed by atoms with Gasteiger partial charge in [-0.05, 0) is 73.2 Å². The van der Waals surface area contributed by atoms with E-state index in [1.807, 2.05) is 18.2 Å². The summed E-state index contributed by atoms with van der Waals surface area (Å²) >= 11 is 0. The van der Waals surface area contributed by atoms with E-state index in [9.17, 15) is 29.2 Å². The van der Waals surface area contributed by atoms with Gasteiger partial charge in [0.15, 0.2) is 5.78 Å². The lowest BCUT2D eigenvalue weighted by Crippen LogP contribution is -2.54. The Hall–Kier alpha value is -5.80. The van der Waals surface area contributed by atoms with Crippen molar-refractivity contribution in [2.24, 2.45) is 0 Å². The fraction of sp³-hybridized carbons (Fsp3) is 0.395. The van der Waals surface area contributed by atoms with E-state index in [2.05, 4.69) is 64.0 Å². The summed E-state index contributed by atoms with van der Waals surface area (Å²) in [5, 5.41) is 12.6. The van der Waals surface area contributed by atoms with E-state index in [0.29, 0.717) is 47.1 Å². The van der Waals surface area contributed by atoms with Gasteiger partial charge in [0.1, 0.15) is 6.04 Å². The molecule has 1 aliphatic carbocycles. The Labute approximate surface area is 319 Å². The van der Waals surface area contributed by atoms with Gasteiger partial charge in [-0.25, -0.2) is 0 Å². The molecule has 12 heteroatoms. The van der Waals surface area contributed by atoms with Gasteiger partial charge in [0.2, 0.25) is 11.8 Å². The number of fused-ring (bicyclic) bond motifs is 5. The summed E-state index contributed by atoms with van der Waals surface area (Å²) in [6, 6.07) is 16.8. The van der Waals surface area contributed by atoms with Crippen molar-refractivity contribution in [3.63, 3.8) is 0 Å². The van der Waals surface area contributed by atoms with Crippen LogP contribution in [0.1, 0.15) is 105 Å². The smallest absolute Gasteiger partial charge is 0.264 e. The summed E-state index contributed by atoms with van der Waals surface area (Å²) in [5.74, 6) is -1.93. The highest BCUT2D eigenvalue weighted by atomic mass is 16.2. The molecule has 12 nitrogen and oxygen atoms in total. The molecule has 0 spiro atoms. The number of anilines is 2. The quantitative estimate of drug-likeness (QED) is 0.279. The van der Waals surface area contributed by atoms with E-state index < -0.39 is 35.1 Å². The monoisotopic (exact) mass is 737 g/mol. The van der Waals surface area contributed by atoms with Gasteiger partial charge in [-0.3, -0.25) is 39.1 Å². The van der Waals surface area contributed by atoms with E-state index in [4.69, 9.17) is 0 Å². The predicted molar refractivity (Wildman–Crippen MR) is 207 cm³/mol. The number of aromatic amines is 1. The Morgan fingerprint density at radius 3 is 2.27 bits per heavy atom. The number of benzene rings is 3. The van der Waals surface area contributed by atoms with Crippen LogP contribution in [0.4, 0.5) is 11.4 Å². The first-order valence-corrected chi connectivity index (χ1v) is 19.4. The van der Waals surface area contributed by atoms with Crippen molar-refractivity contribution in [2.45, 2.75) is 70.4 Å². The van der Waals surface area contributed by atoms with Crippen LogP contribution >= 0.6 is 0 Å². The SMILES string of the molecule is CCc1cc2c(cc1N1CCC(N3CCN(c4cccc5c4C(=O)N(C4CCC(=O)NC4=O)C5=O)CC3)CC1)C(C)(C)c1[nH]c3cc(C#N)ccc3c1C2=O. The second-order valence-electron chi connectivity index (χ2n) is 16.0. The van der Waals surface area contributed by atoms with Gasteiger partial charge < -0.3 is 14.8 Å². The molecule has 3 aromatic carbocycles. The Morgan fingerprint density at radius 1 is 0.818 bits per heavy atom. The van der Waals surface area contributed by atoms with Crippen LogP contribution in [0.15, 0.2) is 48.5 Å². The number of aromatic nitrogens is 1. The number of nitriles is 1. The number of nitrogens with one attached hydrogen (secondary N) is 2. The largest absolute Gasteiger partial charge is 0.371 e. The van der Waals surface area contributed by atoms with Crippen LogP contribution in [-0.2, 0) is 21.4 Å². The van der Waals surface area contributed by atoms with Crippen molar-refractivity contribution >= 4 is 51.7 Å². The van der Waals surface area contributed by atoms with Gasteiger partial charge in [0.05, 0.1) is 34.0 Å². The van der Waals surface area contributed by atoms with Crippen molar-refractivity contribution in [1.82, 2.24) is 20.1 Å². The average molecular weight is 738 g/mol. The summed E-state index contributed by atoms with van der Waals surface area (Å²) in [6.07, 6.45) is 3.04. The molecular formula is C43H43N7O5. The topological polar surface area (TPSA) is 150 Å². The first-order chi connectivity index (χ1) is 26.5. The molecule has 9 rings (SSSR count). The molecule has 1 unspecified atom stereocenters. The fourth-order valence-corrected chi connectivity index (χ4v) is 9.72. The molecule has 4 aromatic rings. The van der Waals surface area contributed by atoms with Crippen LogP contribution in [0.5, 0.6) is 0 Å². The van der Waals surface area contributed by atoms with E-state index in [1.165, 1.54) is 11.3 Å². The van der Waals surface area contributed by atoms with Crippen molar-refractivity contribution in [2.75, 3.05) is 49.1 Å². The standard InChI is InChI=1S/C43H43N7O5/c1-4-25-21-29-30(43(2,3)39-37(38(29)52)27-9-8-24(23-44)20-31(27)45-39)22-34(25)48-14-12-26(13-15-48)47-16-18-49(19-17-47)32-7-5-6-28-36(32)42(55)50(41(28)54)33-10-11-35(51)46-40(33)53/h5-9,20-22,26,33,45H,4,10-19H2,1-3H3,(H,46,51,53). The molecule has 3 saturated heterocycles. The number of piperazine rings is 1. The highest BCUT2D eigenvalue weighted by molar-refractivity contribution is 6.25. The van der Waals surface area contributed by atoms with Crippen molar-refractivity contribution in [3.05, 3.63) is 93.2 Å². The van der Waals surface area contributed by atoms with Crippen molar-refractivity contribution < 1.29 is 24.0 Å². The van der Waals surface area contributed by atoms with Crippen LogP contribution in [0, 0.1) is 11.3 Å². The number of carbonyl (C=O) groups excluding carboxylic acids is 5. The van der Waals surface area contributed by atoms with Gasteiger partial charge in [0, 0.05) is 85.0 Å². The lowest BCUT2D eigenvalue weighted by atomic mass is 9.70. The van der Waals surface area contributed by atoms with Crippen LogP contribution in [-0.4, -0.2) is 95.5 Å². The number of imide groups is 2. The summed E-state index contributed by atoms with van der Waals surface area (Å²) in [4.78, 5) is 77.3. The number of piperidine rings is 2. The summed E-state index contributed by atoms with van der Waals surface area (Å²) in [6.45, 7) is 11.4. The molecule has 5 aliphatic rings. The summed E-state index contributed by atoms with van der Waals surface area (Å²) < 4.78 is 0. The fourth-order valence-electron chi connectivity index (χ4n) is 9.72. The molecule has 3 fully saturated rings. The lowest BCUT2D eigenvalue weighted by Gasteiger charge is -2.44. The number of aryl methyl sites for hydroxylation is 1. The third-order valence-corrected chi connectivity index (χ3v) is 12.7. The number of nitrogens with zero attached hydrogens (tertiary/aromatic N) is 5. The van der Waals surface area contributed by atoms with Gasteiger partial charge in [-0.1, -0.05) is 32.9 Å². The summed E-state index contributed by atoms with van der Waals surface area (Å²) in [7, 11) is 0. The molecular weight excluding hydrogens is 695 g/mol. The van der Waals surface area contributed by atoms with Crippen LogP contribution in [0.25, 0.3) is 10.9 Å². The number of rotatable bonds is 5. The predicted octanol–water partition coefficient (Wildman–Crippen LogP) is 4.66. The maximum absolute atomic E-state index is 14.1. The molecule has 1 atom stereocenters. The second kappa shape index (κ2) is 12.9. The molecule has 1 aromatic heterocycles. The van der Waals surface area contributed by atoms with E-state index in [1.54, 1.807) is 18.2 Å². The number of carbonyl (C=O) groups is 5. The second-order valence-corrected chi connectivity index (χ2v) is 16.0. The Balaban J connectivity index is 0.887. The zero-order valence-electron chi connectivity index (χ0n) is 31.3. The van der Waals surface area contributed by atoms with Gasteiger partial charge in [-0.15, -0.1) is 0 Å². The molecule has 5 heterocycles. The molecule has 4 amide bonds. The maximum atomic E-state index is 14.1. The normalized spacial score (nSPS) is 21.5. The molecule has 0 saturated carbocycles. The minimum absolute atomic E-state index is 0.0300. The number of H-pyrrole nitrogens is 1. The lowest BCUT2D eigenvalue weighted by molar-refractivity contribution is -0.136. The first-order valence-electron chi connectivity index (χ1n) is 19.4. The highest BCUT2D eigenvalue weighted by Gasteiger charge is 2.46. The number of hydrogen-bond donors (Lipinski definition) is 2. The first kappa shape index (κ1) is 34.9. The molecule has 2 N–H and O–H groups in total. The molecule has 0 radical (unpaired) electrons. The molecule has 280 valence electrons. The number of hydrogen-bond acceptors (Lipinski definition) is 9. The van der Waals surface area contributed by atoms with Crippen molar-refractivity contribution in [3.8, 4) is 6.07 Å². The van der Waals surface area contributed by atoms with E-state index in [0.717, 1.165) is 78.1 Å². The van der Waals surface area contributed by atoms with Gasteiger partial charge in [-0.2, -0.15) is 5.26 Å². The number of amides is 4. The summed E-state index contributed by atoms with van der Waals surface area (Å²) in [5.41, 5.74) is 8.04. The molecule has 4 aliphatic heterocycles. The maximum Gasteiger partial charge on any atom is 0.264 e. The zero-order chi connectivity index (χ0) is 38.3. The van der Waals surface area contributed by atoms with Gasteiger partial charge >= 0.3 is 0 Å². The van der Waals surface area contributed by atoms with Gasteiger partial charge in [0.25, 0.3) is 11.8 Å². The molecule has 0 bridgehead atoms. The van der Waals surface area contributed by atoms with E-state index in [-0.39, 0.29) is 18.6 Å². The number of ketones is 1. The Bertz CT molecular complexity index is 2390. The van der Waals surface area contributed by atoms with Crippen LogP contribution in [0.3, 0.4) is 0 Å². The Morgan fingerprint density at radius 2 is 1.56 bits per heavy atom. The average Bonchev–Trinajstić information content (AvgIpc) is 3.71. The van der Waals surface area contributed by atoms with E-state index >= 15 is 0 Å². The zero-order valence-corrected chi connectivity index (χ0v) is 31.3. The third-order valence-electron chi connectivity index (χ3n) is 12.7. The highest BCUT2D eigenvalue weighted by Crippen LogP contribution is 2.46. The Kier molecular flexibility index (Phi) is 8.20. The minimum atomic E-state index is -0.989. The minimum Gasteiger partial charge on any atom is -0.371 e. The van der Waals surface area contributed by atoms with Crippen LogP contribution < -0.4 is 15.1 Å². The van der Waals surface area contributed by atoms with Crippen LogP contribution in [0.2, 0.25) is 0 Å². The third kappa shape index (κ3) is 5.39.